The summed E-state index contributed by atoms with van der Waals surface area (Å²) in [6, 6.07) is -0.0544. The van der Waals surface area contributed by atoms with Crippen molar-refractivity contribution in [3.63, 3.8) is 0 Å². The molecule has 0 spiro atoms. The van der Waals surface area contributed by atoms with Crippen LogP contribution in [0.4, 0.5) is 0 Å². The molecule has 1 unspecified atom stereocenters. The molecule has 1 heterocycles. The maximum Gasteiger partial charge on any atom is 0.244 e. The Bertz CT molecular complexity index is 229. The third kappa shape index (κ3) is 1.23. The summed E-state index contributed by atoms with van der Waals surface area (Å²) in [5.41, 5.74) is 0. The van der Waals surface area contributed by atoms with Gasteiger partial charge in [-0.2, -0.15) is 0 Å². The van der Waals surface area contributed by atoms with E-state index in [2.05, 4.69) is 0 Å². The molecule has 0 aliphatic heterocycles. The Balaban J connectivity index is 2.84. The molecule has 54 valence electrons. The summed E-state index contributed by atoms with van der Waals surface area (Å²) in [5, 5.41) is 0. The summed E-state index contributed by atoms with van der Waals surface area (Å²) in [6.45, 7) is 1.85. The molecule has 0 aliphatic carbocycles. The summed E-state index contributed by atoms with van der Waals surface area (Å²) < 4.78 is 3.76. The van der Waals surface area contributed by atoms with Gasteiger partial charge in [0.2, 0.25) is 6.33 Å². The molecule has 0 amide bonds. The van der Waals surface area contributed by atoms with Crippen LogP contribution in [0.3, 0.4) is 0 Å². The minimum absolute atomic E-state index is 0.0544. The first-order chi connectivity index (χ1) is 4.74. The molecule has 0 aromatic carbocycles. The third-order valence-corrected chi connectivity index (χ3v) is 1.46. The van der Waals surface area contributed by atoms with Crippen molar-refractivity contribution in [1.82, 2.24) is 4.57 Å². The number of aldehydes is 1. The van der Waals surface area contributed by atoms with Gasteiger partial charge in [0.15, 0.2) is 12.3 Å². The Morgan fingerprint density at radius 2 is 2.40 bits per heavy atom. The molecule has 0 aliphatic rings. The van der Waals surface area contributed by atoms with Crippen LogP contribution in [0.1, 0.15) is 13.0 Å². The molecular formula is C7H11N2O+. The number of carbonyl (C=O) groups excluding carboxylic acids is 1. The molecule has 1 aromatic heterocycles. The maximum atomic E-state index is 10.3. The van der Waals surface area contributed by atoms with Crippen molar-refractivity contribution in [1.29, 1.82) is 0 Å². The van der Waals surface area contributed by atoms with Crippen LogP contribution >= 0.6 is 0 Å². The molecule has 1 aromatic rings. The van der Waals surface area contributed by atoms with E-state index in [1.807, 2.05) is 41.8 Å². The second-order valence-corrected chi connectivity index (χ2v) is 2.40. The first-order valence-corrected chi connectivity index (χ1v) is 3.22. The van der Waals surface area contributed by atoms with Crippen LogP contribution in [-0.2, 0) is 11.8 Å². The van der Waals surface area contributed by atoms with Gasteiger partial charge in [-0.15, -0.1) is 0 Å². The SMILES string of the molecule is CC(C=O)[n+]1ccn(C)c1. The quantitative estimate of drug-likeness (QED) is 0.420. The highest BCUT2D eigenvalue weighted by atomic mass is 16.1. The summed E-state index contributed by atoms with van der Waals surface area (Å²) in [6.07, 6.45) is 6.57. The van der Waals surface area contributed by atoms with Gasteiger partial charge in [-0.1, -0.05) is 0 Å². The first-order valence-electron chi connectivity index (χ1n) is 3.22. The van der Waals surface area contributed by atoms with E-state index in [1.165, 1.54) is 0 Å². The van der Waals surface area contributed by atoms with Crippen LogP contribution in [-0.4, -0.2) is 10.9 Å². The van der Waals surface area contributed by atoms with Gasteiger partial charge in [0, 0.05) is 0 Å². The Morgan fingerprint density at radius 1 is 1.70 bits per heavy atom. The monoisotopic (exact) mass is 139 g/mol. The van der Waals surface area contributed by atoms with E-state index < -0.39 is 0 Å². The van der Waals surface area contributed by atoms with Crippen molar-refractivity contribution in [2.24, 2.45) is 7.05 Å². The normalized spacial score (nSPS) is 13.0. The predicted octanol–water partition coefficient (Wildman–Crippen LogP) is 0.0725. The number of rotatable bonds is 2. The number of aromatic nitrogens is 2. The highest BCUT2D eigenvalue weighted by molar-refractivity contribution is 5.52. The highest BCUT2D eigenvalue weighted by Crippen LogP contribution is 1.87. The van der Waals surface area contributed by atoms with Gasteiger partial charge in [-0.05, 0) is 6.92 Å². The average molecular weight is 139 g/mol. The van der Waals surface area contributed by atoms with Crippen LogP contribution in [0, 0.1) is 0 Å². The Morgan fingerprint density at radius 3 is 2.80 bits per heavy atom. The molecule has 3 nitrogen and oxygen atoms in total. The van der Waals surface area contributed by atoms with Crippen LogP contribution in [0.2, 0.25) is 0 Å². The Kier molecular flexibility index (Phi) is 1.85. The predicted molar refractivity (Wildman–Crippen MR) is 36.4 cm³/mol. The van der Waals surface area contributed by atoms with Crippen molar-refractivity contribution in [2.45, 2.75) is 13.0 Å². The zero-order valence-electron chi connectivity index (χ0n) is 6.19. The smallest absolute Gasteiger partial charge is 0.244 e. The van der Waals surface area contributed by atoms with Gasteiger partial charge in [-0.3, -0.25) is 4.79 Å². The minimum atomic E-state index is -0.0544. The van der Waals surface area contributed by atoms with Crippen LogP contribution in [0.15, 0.2) is 18.7 Å². The molecule has 0 N–H and O–H groups in total. The molecule has 1 rings (SSSR count). The molecule has 10 heavy (non-hydrogen) atoms. The van der Waals surface area contributed by atoms with E-state index in [-0.39, 0.29) is 6.04 Å². The number of nitrogens with zero attached hydrogens (tertiary/aromatic N) is 2. The standard InChI is InChI=1S/C7H11N2O/c1-7(5-10)9-4-3-8(2)6-9/h3-7H,1-2H3/q+1. The lowest BCUT2D eigenvalue weighted by atomic mass is 10.4. The number of carbonyl (C=O) groups is 1. The zero-order valence-corrected chi connectivity index (χ0v) is 6.19. The lowest BCUT2D eigenvalue weighted by Crippen LogP contribution is -2.36. The van der Waals surface area contributed by atoms with Gasteiger partial charge in [0.05, 0.1) is 7.05 Å². The Labute approximate surface area is 59.9 Å². The zero-order chi connectivity index (χ0) is 7.56. The van der Waals surface area contributed by atoms with Gasteiger partial charge < -0.3 is 0 Å². The number of hydrogen-bond acceptors (Lipinski definition) is 1. The fourth-order valence-electron chi connectivity index (χ4n) is 0.781. The van der Waals surface area contributed by atoms with Crippen molar-refractivity contribution < 1.29 is 9.36 Å². The second-order valence-electron chi connectivity index (χ2n) is 2.40. The number of imidazole rings is 1. The summed E-state index contributed by atoms with van der Waals surface area (Å²) in [7, 11) is 1.92. The van der Waals surface area contributed by atoms with Crippen molar-refractivity contribution in [3.05, 3.63) is 18.7 Å². The number of hydrogen-bond donors (Lipinski definition) is 0. The van der Waals surface area contributed by atoms with Crippen molar-refractivity contribution >= 4 is 6.29 Å². The van der Waals surface area contributed by atoms with Crippen molar-refractivity contribution in [2.75, 3.05) is 0 Å². The molecule has 3 heteroatoms. The molecular weight excluding hydrogens is 128 g/mol. The van der Waals surface area contributed by atoms with Crippen molar-refractivity contribution in [3.8, 4) is 0 Å². The largest absolute Gasteiger partial charge is 0.299 e. The summed E-state index contributed by atoms with van der Waals surface area (Å²) in [4.78, 5) is 10.3. The summed E-state index contributed by atoms with van der Waals surface area (Å²) in [5.74, 6) is 0. The van der Waals surface area contributed by atoms with Gasteiger partial charge >= 0.3 is 0 Å². The third-order valence-electron chi connectivity index (χ3n) is 1.46. The van der Waals surface area contributed by atoms with E-state index >= 15 is 0 Å². The number of aryl methyl sites for hydroxylation is 1. The average Bonchev–Trinajstić information content (AvgIpc) is 2.34. The van der Waals surface area contributed by atoms with E-state index in [0.717, 1.165) is 6.29 Å². The topological polar surface area (TPSA) is 25.9 Å². The van der Waals surface area contributed by atoms with E-state index in [4.69, 9.17) is 0 Å². The first kappa shape index (κ1) is 6.99. The fourth-order valence-corrected chi connectivity index (χ4v) is 0.781. The molecule has 0 bridgehead atoms. The minimum Gasteiger partial charge on any atom is -0.299 e. The Hall–Kier alpha value is -1.12. The molecule has 0 saturated carbocycles. The van der Waals surface area contributed by atoms with Gasteiger partial charge in [0.1, 0.15) is 12.4 Å². The van der Waals surface area contributed by atoms with E-state index in [9.17, 15) is 4.79 Å². The van der Waals surface area contributed by atoms with Gasteiger partial charge in [0.25, 0.3) is 0 Å². The van der Waals surface area contributed by atoms with E-state index in [0.29, 0.717) is 0 Å². The molecule has 1 atom stereocenters. The van der Waals surface area contributed by atoms with Crippen LogP contribution in [0.5, 0.6) is 0 Å². The fraction of sp³-hybridized carbons (Fsp3) is 0.429. The van der Waals surface area contributed by atoms with Gasteiger partial charge in [-0.25, -0.2) is 9.13 Å². The second kappa shape index (κ2) is 2.64. The molecule has 0 fully saturated rings. The van der Waals surface area contributed by atoms with Crippen LogP contribution < -0.4 is 4.57 Å². The lowest BCUT2D eigenvalue weighted by molar-refractivity contribution is -0.703. The lowest BCUT2D eigenvalue weighted by Gasteiger charge is -1.94. The van der Waals surface area contributed by atoms with E-state index in [1.54, 1.807) is 0 Å². The summed E-state index contributed by atoms with van der Waals surface area (Å²) >= 11 is 0. The molecule has 0 saturated heterocycles. The van der Waals surface area contributed by atoms with Crippen LogP contribution in [0.25, 0.3) is 0 Å². The molecule has 0 radical (unpaired) electrons. The maximum absolute atomic E-state index is 10.3. The highest BCUT2D eigenvalue weighted by Gasteiger charge is 2.06.